The van der Waals surface area contributed by atoms with E-state index < -0.39 is 5.91 Å². The Kier molecular flexibility index (Phi) is 5.08. The number of primary amides is 1. The molecule has 1 fully saturated rings. The van der Waals surface area contributed by atoms with Crippen molar-refractivity contribution in [3.05, 3.63) is 54.2 Å². The maximum Gasteiger partial charge on any atom is 0.252 e. The van der Waals surface area contributed by atoms with E-state index in [2.05, 4.69) is 20.6 Å². The Morgan fingerprint density at radius 2 is 1.96 bits per heavy atom. The molecule has 3 aromatic rings. The number of amides is 1. The van der Waals surface area contributed by atoms with Crippen molar-refractivity contribution in [1.82, 2.24) is 9.97 Å². The largest absolute Gasteiger partial charge is 0.366 e. The molecule has 4 rings (SSSR count). The smallest absolute Gasteiger partial charge is 0.252 e. The van der Waals surface area contributed by atoms with Crippen molar-refractivity contribution in [2.75, 3.05) is 10.6 Å². The van der Waals surface area contributed by atoms with E-state index in [-0.39, 0.29) is 12.1 Å². The minimum Gasteiger partial charge on any atom is -0.366 e. The summed E-state index contributed by atoms with van der Waals surface area (Å²) in [6.07, 6.45) is 6.10. The van der Waals surface area contributed by atoms with E-state index in [1.54, 1.807) is 18.3 Å². The number of pyridine rings is 2. The van der Waals surface area contributed by atoms with Gasteiger partial charge < -0.3 is 22.1 Å². The molecule has 6 N–H and O–H groups in total. The van der Waals surface area contributed by atoms with Crippen molar-refractivity contribution in [3.63, 3.8) is 0 Å². The van der Waals surface area contributed by atoms with Crippen LogP contribution < -0.4 is 22.1 Å². The van der Waals surface area contributed by atoms with Gasteiger partial charge in [-0.1, -0.05) is 18.9 Å². The van der Waals surface area contributed by atoms with Crippen molar-refractivity contribution >= 4 is 34.1 Å². The lowest BCUT2D eigenvalue weighted by Gasteiger charge is -2.29. The van der Waals surface area contributed by atoms with Gasteiger partial charge in [-0.3, -0.25) is 9.78 Å². The predicted octanol–water partition coefficient (Wildman–Crippen LogP) is 3.15. The predicted molar refractivity (Wildman–Crippen MR) is 112 cm³/mol. The van der Waals surface area contributed by atoms with Crippen LogP contribution in [-0.2, 0) is 0 Å². The summed E-state index contributed by atoms with van der Waals surface area (Å²) >= 11 is 0. The minimum atomic E-state index is -0.529. The zero-order chi connectivity index (χ0) is 19.5. The third kappa shape index (κ3) is 3.89. The lowest BCUT2D eigenvalue weighted by Crippen LogP contribution is -2.42. The first-order valence-corrected chi connectivity index (χ1v) is 9.55. The Morgan fingerprint density at radius 3 is 2.79 bits per heavy atom. The molecular weight excluding hydrogens is 352 g/mol. The summed E-state index contributed by atoms with van der Waals surface area (Å²) in [6, 6.07) is 13.4. The number of carbonyl (C=O) groups is 1. The fourth-order valence-electron chi connectivity index (χ4n) is 3.65. The quantitative estimate of drug-likeness (QED) is 0.543. The van der Waals surface area contributed by atoms with Crippen LogP contribution in [0.3, 0.4) is 0 Å². The second-order valence-electron chi connectivity index (χ2n) is 7.19. The number of nitrogens with one attached hydrogen (secondary N) is 2. The zero-order valence-corrected chi connectivity index (χ0v) is 15.6. The summed E-state index contributed by atoms with van der Waals surface area (Å²) in [5.41, 5.74) is 13.8. The summed E-state index contributed by atoms with van der Waals surface area (Å²) < 4.78 is 0. The molecule has 144 valence electrons. The standard InChI is InChI=1S/C21H24N6O/c22-16-5-1-2-6-18(16)26-19-10-8-15(20(23)28)21(27-19)25-14-7-9-17-13(12-14)4-3-11-24-17/h3-4,7-12,16,18H,1-2,5-6,22H2,(H2,23,28)(H2,25,26,27)/t16-,18+/m0/s1. The van der Waals surface area contributed by atoms with Gasteiger partial charge in [0.05, 0.1) is 11.1 Å². The lowest BCUT2D eigenvalue weighted by molar-refractivity contribution is 0.100. The normalized spacial score (nSPS) is 19.3. The fraction of sp³-hybridized carbons (Fsp3) is 0.286. The molecule has 2 heterocycles. The Bertz CT molecular complexity index is 1010. The molecule has 1 aliphatic rings. The first-order valence-electron chi connectivity index (χ1n) is 9.55. The van der Waals surface area contributed by atoms with Crippen LogP contribution in [0.25, 0.3) is 10.9 Å². The number of nitrogens with two attached hydrogens (primary N) is 2. The van der Waals surface area contributed by atoms with Gasteiger partial charge in [-0.2, -0.15) is 0 Å². The van der Waals surface area contributed by atoms with Crippen LogP contribution in [0, 0.1) is 0 Å². The highest BCUT2D eigenvalue weighted by Gasteiger charge is 2.22. The van der Waals surface area contributed by atoms with E-state index >= 15 is 0 Å². The maximum atomic E-state index is 11.9. The summed E-state index contributed by atoms with van der Waals surface area (Å²) in [5, 5.41) is 7.63. The summed E-state index contributed by atoms with van der Waals surface area (Å²) in [6.45, 7) is 0. The van der Waals surface area contributed by atoms with Gasteiger partial charge in [0.2, 0.25) is 0 Å². The molecular formula is C21H24N6O. The van der Waals surface area contributed by atoms with Crippen molar-refractivity contribution in [3.8, 4) is 0 Å². The average molecular weight is 376 g/mol. The van der Waals surface area contributed by atoms with Crippen molar-refractivity contribution in [2.45, 2.75) is 37.8 Å². The van der Waals surface area contributed by atoms with Crippen LogP contribution in [0.4, 0.5) is 17.3 Å². The van der Waals surface area contributed by atoms with E-state index in [0.29, 0.717) is 17.2 Å². The number of anilines is 3. The third-order valence-electron chi connectivity index (χ3n) is 5.18. The lowest BCUT2D eigenvalue weighted by atomic mass is 9.91. The van der Waals surface area contributed by atoms with Gasteiger partial charge in [-0.05, 0) is 49.2 Å². The van der Waals surface area contributed by atoms with Crippen LogP contribution in [0.2, 0.25) is 0 Å². The van der Waals surface area contributed by atoms with E-state index in [0.717, 1.165) is 42.3 Å². The molecule has 28 heavy (non-hydrogen) atoms. The van der Waals surface area contributed by atoms with E-state index in [4.69, 9.17) is 11.5 Å². The van der Waals surface area contributed by atoms with Gasteiger partial charge in [-0.25, -0.2) is 4.98 Å². The van der Waals surface area contributed by atoms with Crippen molar-refractivity contribution in [1.29, 1.82) is 0 Å². The Balaban J connectivity index is 1.62. The highest BCUT2D eigenvalue weighted by atomic mass is 16.1. The van der Waals surface area contributed by atoms with Crippen LogP contribution >= 0.6 is 0 Å². The Labute approximate surface area is 163 Å². The topological polar surface area (TPSA) is 119 Å². The highest BCUT2D eigenvalue weighted by Crippen LogP contribution is 2.25. The SMILES string of the molecule is NC(=O)c1ccc(N[C@@H]2CCCC[C@@H]2N)nc1Nc1ccc2ncccc2c1. The van der Waals surface area contributed by atoms with Crippen LogP contribution in [0.5, 0.6) is 0 Å². The summed E-state index contributed by atoms with van der Waals surface area (Å²) in [4.78, 5) is 20.8. The van der Waals surface area contributed by atoms with E-state index in [1.807, 2.05) is 30.3 Å². The van der Waals surface area contributed by atoms with E-state index in [9.17, 15) is 4.79 Å². The number of nitrogens with zero attached hydrogens (tertiary/aromatic N) is 2. The van der Waals surface area contributed by atoms with Gasteiger partial charge in [0.1, 0.15) is 11.6 Å². The first-order chi connectivity index (χ1) is 13.6. The summed E-state index contributed by atoms with van der Waals surface area (Å²) in [7, 11) is 0. The minimum absolute atomic E-state index is 0.107. The second-order valence-corrected chi connectivity index (χ2v) is 7.19. The molecule has 1 aliphatic carbocycles. The van der Waals surface area contributed by atoms with E-state index in [1.165, 1.54) is 0 Å². The molecule has 1 amide bonds. The second kappa shape index (κ2) is 7.82. The molecule has 0 spiro atoms. The number of carbonyl (C=O) groups excluding carboxylic acids is 1. The molecule has 0 aliphatic heterocycles. The average Bonchev–Trinajstić information content (AvgIpc) is 2.70. The Hall–Kier alpha value is -3.19. The number of rotatable bonds is 5. The molecule has 7 heteroatoms. The Morgan fingerprint density at radius 1 is 1.11 bits per heavy atom. The maximum absolute atomic E-state index is 11.9. The molecule has 7 nitrogen and oxygen atoms in total. The monoisotopic (exact) mass is 376 g/mol. The van der Waals surface area contributed by atoms with Crippen LogP contribution in [0.15, 0.2) is 48.7 Å². The fourth-order valence-corrected chi connectivity index (χ4v) is 3.65. The van der Waals surface area contributed by atoms with Crippen LogP contribution in [0.1, 0.15) is 36.0 Å². The number of hydrogen-bond acceptors (Lipinski definition) is 6. The van der Waals surface area contributed by atoms with Gasteiger partial charge in [0.25, 0.3) is 5.91 Å². The molecule has 2 atom stereocenters. The zero-order valence-electron chi connectivity index (χ0n) is 15.6. The third-order valence-corrected chi connectivity index (χ3v) is 5.18. The van der Waals surface area contributed by atoms with Gasteiger partial charge >= 0.3 is 0 Å². The van der Waals surface area contributed by atoms with Gasteiger partial charge in [0, 0.05) is 29.4 Å². The number of hydrogen-bond donors (Lipinski definition) is 4. The molecule has 2 aromatic heterocycles. The number of fused-ring (bicyclic) bond motifs is 1. The highest BCUT2D eigenvalue weighted by molar-refractivity contribution is 5.98. The van der Waals surface area contributed by atoms with Crippen molar-refractivity contribution < 1.29 is 4.79 Å². The van der Waals surface area contributed by atoms with Crippen LogP contribution in [-0.4, -0.2) is 28.0 Å². The van der Waals surface area contributed by atoms with Gasteiger partial charge in [-0.15, -0.1) is 0 Å². The molecule has 0 radical (unpaired) electrons. The molecule has 0 saturated heterocycles. The summed E-state index contributed by atoms with van der Waals surface area (Å²) in [5.74, 6) is 0.570. The number of benzene rings is 1. The molecule has 1 aromatic carbocycles. The van der Waals surface area contributed by atoms with Crippen molar-refractivity contribution in [2.24, 2.45) is 11.5 Å². The molecule has 0 unspecified atom stereocenters. The molecule has 1 saturated carbocycles. The number of aromatic nitrogens is 2. The van der Waals surface area contributed by atoms with Gasteiger partial charge in [0.15, 0.2) is 0 Å². The first kappa shape index (κ1) is 18.2. The molecule has 0 bridgehead atoms.